The molecule has 0 aliphatic carbocycles. The number of rotatable bonds is 9. The normalized spacial score (nSPS) is 17.1. The molecule has 3 N–H and O–H groups in total. The van der Waals surface area contributed by atoms with Gasteiger partial charge in [0.05, 0.1) is 7.85 Å². The summed E-state index contributed by atoms with van der Waals surface area (Å²) in [5, 5.41) is 9.40. The lowest BCUT2D eigenvalue weighted by Crippen LogP contribution is -2.48. The number of carbonyl (C=O) groups is 1. The summed E-state index contributed by atoms with van der Waals surface area (Å²) >= 11 is 0. The standard InChI is InChI=1S/C17H25BN2O2/c18-10-4-3-8-17(19,16(21)22)9-5-11-20-12-14-6-1-2-7-15(14)13-20/h1-2,6-7H,3-5,8-13,19H2,(H,21,22). The first-order valence-electron chi connectivity index (χ1n) is 8.06. The Kier molecular flexibility index (Phi) is 6.03. The van der Waals surface area contributed by atoms with E-state index in [2.05, 4.69) is 29.2 Å². The van der Waals surface area contributed by atoms with Crippen LogP contribution in [0.15, 0.2) is 24.3 Å². The van der Waals surface area contributed by atoms with Crippen LogP contribution < -0.4 is 5.73 Å². The van der Waals surface area contributed by atoms with Crippen molar-refractivity contribution in [3.05, 3.63) is 35.4 Å². The van der Waals surface area contributed by atoms with Gasteiger partial charge < -0.3 is 10.8 Å². The lowest BCUT2D eigenvalue weighted by Gasteiger charge is -2.26. The van der Waals surface area contributed by atoms with Crippen LogP contribution >= 0.6 is 0 Å². The first-order chi connectivity index (χ1) is 10.5. The predicted octanol–water partition coefficient (Wildman–Crippen LogP) is 2.32. The molecule has 1 heterocycles. The lowest BCUT2D eigenvalue weighted by atomic mass is 9.87. The van der Waals surface area contributed by atoms with Gasteiger partial charge in [-0.05, 0) is 36.9 Å². The number of unbranched alkanes of at least 4 members (excludes halogenated alkanes) is 1. The molecule has 22 heavy (non-hydrogen) atoms. The predicted molar refractivity (Wildman–Crippen MR) is 88.8 cm³/mol. The van der Waals surface area contributed by atoms with Gasteiger partial charge in [0.1, 0.15) is 5.54 Å². The van der Waals surface area contributed by atoms with Crippen molar-refractivity contribution in [2.24, 2.45) is 5.73 Å². The Morgan fingerprint density at radius 1 is 1.18 bits per heavy atom. The number of nitrogens with zero attached hydrogens (tertiary/aromatic N) is 1. The van der Waals surface area contributed by atoms with Crippen LogP contribution in [0.1, 0.15) is 43.2 Å². The first kappa shape index (κ1) is 17.0. The van der Waals surface area contributed by atoms with Crippen LogP contribution in [0, 0.1) is 0 Å². The molecule has 0 saturated heterocycles. The highest BCUT2D eigenvalue weighted by Gasteiger charge is 2.33. The second-order valence-electron chi connectivity index (χ2n) is 6.29. The average Bonchev–Trinajstić information content (AvgIpc) is 2.90. The Balaban J connectivity index is 1.78. The number of nitrogens with two attached hydrogens (primary N) is 1. The molecule has 0 bridgehead atoms. The maximum atomic E-state index is 11.5. The Bertz CT molecular complexity index is 484. The van der Waals surface area contributed by atoms with Gasteiger partial charge in [-0.3, -0.25) is 9.69 Å². The van der Waals surface area contributed by atoms with Crippen molar-refractivity contribution < 1.29 is 9.90 Å². The van der Waals surface area contributed by atoms with E-state index in [1.807, 2.05) is 0 Å². The third kappa shape index (κ3) is 4.34. The largest absolute Gasteiger partial charge is 0.480 e. The summed E-state index contributed by atoms with van der Waals surface area (Å²) in [4.78, 5) is 13.8. The fourth-order valence-corrected chi connectivity index (χ4v) is 3.10. The zero-order valence-corrected chi connectivity index (χ0v) is 13.1. The van der Waals surface area contributed by atoms with Crippen LogP contribution in [0.3, 0.4) is 0 Å². The molecule has 2 rings (SSSR count). The van der Waals surface area contributed by atoms with Crippen LogP contribution in [0.25, 0.3) is 0 Å². The number of aliphatic carboxylic acids is 1. The number of hydrogen-bond acceptors (Lipinski definition) is 3. The molecular formula is C17H25BN2O2. The molecule has 1 aliphatic rings. The monoisotopic (exact) mass is 300 g/mol. The molecule has 2 radical (unpaired) electrons. The SMILES string of the molecule is [B]CCCCC(N)(CCCN1Cc2ccccc2C1)C(=O)O. The summed E-state index contributed by atoms with van der Waals surface area (Å²) in [7, 11) is 5.46. The summed E-state index contributed by atoms with van der Waals surface area (Å²) < 4.78 is 0. The van der Waals surface area contributed by atoms with Crippen molar-refractivity contribution in [3.63, 3.8) is 0 Å². The van der Waals surface area contributed by atoms with E-state index < -0.39 is 11.5 Å². The van der Waals surface area contributed by atoms with E-state index in [4.69, 9.17) is 13.6 Å². The van der Waals surface area contributed by atoms with E-state index in [-0.39, 0.29) is 0 Å². The minimum Gasteiger partial charge on any atom is -0.480 e. The zero-order chi connectivity index (χ0) is 16.0. The van der Waals surface area contributed by atoms with Gasteiger partial charge in [0.2, 0.25) is 0 Å². The molecule has 118 valence electrons. The Morgan fingerprint density at radius 3 is 2.32 bits per heavy atom. The smallest absolute Gasteiger partial charge is 0.323 e. The van der Waals surface area contributed by atoms with Gasteiger partial charge >= 0.3 is 5.97 Å². The van der Waals surface area contributed by atoms with Crippen molar-refractivity contribution >= 4 is 13.8 Å². The third-order valence-corrected chi connectivity index (χ3v) is 4.51. The van der Waals surface area contributed by atoms with Gasteiger partial charge in [-0.25, -0.2) is 0 Å². The van der Waals surface area contributed by atoms with Crippen LogP contribution in [-0.2, 0) is 17.9 Å². The second-order valence-corrected chi connectivity index (χ2v) is 6.29. The molecule has 1 aromatic carbocycles. The number of carboxylic acid groups (broad SMARTS) is 1. The van der Waals surface area contributed by atoms with E-state index in [9.17, 15) is 9.90 Å². The Hall–Kier alpha value is -1.33. The quantitative estimate of drug-likeness (QED) is 0.542. The zero-order valence-electron chi connectivity index (χ0n) is 13.1. The van der Waals surface area contributed by atoms with Crippen molar-refractivity contribution in [2.45, 2.75) is 57.1 Å². The van der Waals surface area contributed by atoms with Crippen molar-refractivity contribution in [1.29, 1.82) is 0 Å². The van der Waals surface area contributed by atoms with Gasteiger partial charge in [-0.1, -0.05) is 43.4 Å². The highest BCUT2D eigenvalue weighted by molar-refractivity contribution is 6.08. The van der Waals surface area contributed by atoms with Crippen LogP contribution in [0.2, 0.25) is 6.32 Å². The van der Waals surface area contributed by atoms with E-state index >= 15 is 0 Å². The average molecular weight is 300 g/mol. The number of carboxylic acids is 1. The van der Waals surface area contributed by atoms with Crippen molar-refractivity contribution in [2.75, 3.05) is 6.54 Å². The number of benzene rings is 1. The Labute approximate surface area is 134 Å². The van der Waals surface area contributed by atoms with E-state index in [0.717, 1.165) is 38.9 Å². The highest BCUT2D eigenvalue weighted by Crippen LogP contribution is 2.24. The summed E-state index contributed by atoms with van der Waals surface area (Å²) in [5.41, 5.74) is 7.74. The topological polar surface area (TPSA) is 66.6 Å². The summed E-state index contributed by atoms with van der Waals surface area (Å²) in [6, 6.07) is 8.45. The van der Waals surface area contributed by atoms with Crippen molar-refractivity contribution in [3.8, 4) is 0 Å². The van der Waals surface area contributed by atoms with E-state index in [1.54, 1.807) is 0 Å². The fourth-order valence-electron chi connectivity index (χ4n) is 3.10. The number of fused-ring (bicyclic) bond motifs is 1. The lowest BCUT2D eigenvalue weighted by molar-refractivity contribution is -0.144. The molecule has 0 amide bonds. The molecule has 0 spiro atoms. The highest BCUT2D eigenvalue weighted by atomic mass is 16.4. The molecule has 1 atom stereocenters. The fraction of sp³-hybridized carbons (Fsp3) is 0.588. The summed E-state index contributed by atoms with van der Waals surface area (Å²) in [5.74, 6) is -0.894. The molecule has 1 unspecified atom stereocenters. The molecule has 0 aromatic heterocycles. The number of hydrogen-bond donors (Lipinski definition) is 2. The van der Waals surface area contributed by atoms with Gasteiger partial charge in [0.15, 0.2) is 0 Å². The molecular weight excluding hydrogens is 275 g/mol. The minimum atomic E-state index is -1.11. The van der Waals surface area contributed by atoms with Gasteiger partial charge in [0, 0.05) is 13.1 Å². The first-order valence-corrected chi connectivity index (χ1v) is 8.06. The molecule has 4 nitrogen and oxygen atoms in total. The molecule has 5 heteroatoms. The summed E-state index contributed by atoms with van der Waals surface area (Å²) in [6.07, 6.45) is 4.00. The third-order valence-electron chi connectivity index (χ3n) is 4.51. The maximum Gasteiger partial charge on any atom is 0.323 e. The second kappa shape index (κ2) is 7.79. The van der Waals surface area contributed by atoms with Crippen LogP contribution in [0.4, 0.5) is 0 Å². The van der Waals surface area contributed by atoms with Crippen molar-refractivity contribution in [1.82, 2.24) is 4.90 Å². The Morgan fingerprint density at radius 2 is 1.77 bits per heavy atom. The van der Waals surface area contributed by atoms with Gasteiger partial charge in [-0.2, -0.15) is 0 Å². The van der Waals surface area contributed by atoms with Crippen LogP contribution in [0.5, 0.6) is 0 Å². The molecule has 1 aliphatic heterocycles. The molecule has 0 saturated carbocycles. The van der Waals surface area contributed by atoms with E-state index in [0.29, 0.717) is 19.2 Å². The van der Waals surface area contributed by atoms with Gasteiger partial charge in [-0.15, -0.1) is 0 Å². The molecule has 1 aromatic rings. The van der Waals surface area contributed by atoms with Crippen LogP contribution in [-0.4, -0.2) is 35.9 Å². The van der Waals surface area contributed by atoms with E-state index in [1.165, 1.54) is 11.1 Å². The maximum absolute atomic E-state index is 11.5. The minimum absolute atomic E-state index is 0.500. The summed E-state index contributed by atoms with van der Waals surface area (Å²) in [6.45, 7) is 2.79. The molecule has 0 fully saturated rings. The van der Waals surface area contributed by atoms with Gasteiger partial charge in [0.25, 0.3) is 0 Å².